The average Bonchev–Trinajstić information content (AvgIpc) is 2.21. The quantitative estimate of drug-likeness (QED) is 0.612. The third-order valence-corrected chi connectivity index (χ3v) is 3.12. The van der Waals surface area contributed by atoms with Crippen LogP contribution in [0.1, 0.15) is 53.4 Å². The van der Waals surface area contributed by atoms with Gasteiger partial charge in [-0.2, -0.15) is 0 Å². The summed E-state index contributed by atoms with van der Waals surface area (Å²) < 4.78 is 24.5. The molecule has 1 aliphatic rings. The smallest absolute Gasteiger partial charge is 0.210 e. The predicted molar refractivity (Wildman–Crippen MR) is 57.6 cm³/mol. The van der Waals surface area contributed by atoms with E-state index < -0.39 is 6.43 Å². The van der Waals surface area contributed by atoms with Gasteiger partial charge < -0.3 is 0 Å². The summed E-state index contributed by atoms with van der Waals surface area (Å²) in [6.45, 7) is 8.38. The molecule has 14 heavy (non-hydrogen) atoms. The highest BCUT2D eigenvalue weighted by molar-refractivity contribution is 4.75. The maximum atomic E-state index is 12.2. The van der Waals surface area contributed by atoms with E-state index in [4.69, 9.17) is 0 Å². The van der Waals surface area contributed by atoms with E-state index in [9.17, 15) is 8.78 Å². The molecule has 0 aromatic carbocycles. The molecule has 0 atom stereocenters. The van der Waals surface area contributed by atoms with Crippen molar-refractivity contribution in [2.75, 3.05) is 0 Å². The Hall–Kier alpha value is -0.140. The Morgan fingerprint density at radius 1 is 0.857 bits per heavy atom. The third kappa shape index (κ3) is 4.39. The molecule has 0 aliphatic heterocycles. The number of hydrogen-bond donors (Lipinski definition) is 0. The first-order valence-corrected chi connectivity index (χ1v) is 5.89. The summed E-state index contributed by atoms with van der Waals surface area (Å²) in [5.41, 5.74) is 0. The van der Waals surface area contributed by atoms with E-state index in [1.807, 2.05) is 13.8 Å². The van der Waals surface area contributed by atoms with Gasteiger partial charge in [-0.25, -0.2) is 8.78 Å². The lowest BCUT2D eigenvalue weighted by Crippen LogP contribution is -2.22. The van der Waals surface area contributed by atoms with Crippen LogP contribution in [-0.2, 0) is 0 Å². The highest BCUT2D eigenvalue weighted by atomic mass is 19.3. The summed E-state index contributed by atoms with van der Waals surface area (Å²) in [7, 11) is 0. The first kappa shape index (κ1) is 13.9. The van der Waals surface area contributed by atoms with Crippen LogP contribution in [0.15, 0.2) is 0 Å². The molecule has 0 bridgehead atoms. The third-order valence-electron chi connectivity index (χ3n) is 3.12. The van der Waals surface area contributed by atoms with Crippen LogP contribution < -0.4 is 0 Å². The molecule has 0 saturated heterocycles. The van der Waals surface area contributed by atoms with Crippen molar-refractivity contribution in [2.45, 2.75) is 59.8 Å². The molecule has 2 heteroatoms. The number of rotatable bonds is 2. The Labute approximate surface area is 87.1 Å². The van der Waals surface area contributed by atoms with Crippen molar-refractivity contribution in [1.82, 2.24) is 0 Å². The van der Waals surface area contributed by atoms with Crippen molar-refractivity contribution < 1.29 is 8.78 Å². The number of alkyl halides is 2. The normalized spacial score (nSPS) is 27.4. The minimum Gasteiger partial charge on any atom is -0.210 e. The lowest BCUT2D eigenvalue weighted by atomic mass is 9.77. The molecular weight excluding hydrogens is 182 g/mol. The molecule has 0 N–H and O–H groups in total. The zero-order valence-corrected chi connectivity index (χ0v) is 9.89. The van der Waals surface area contributed by atoms with E-state index in [0.29, 0.717) is 11.8 Å². The SMILES string of the molecule is CC.CC(C)C1CCC(C(F)F)CC1. The molecule has 1 rings (SSSR count). The molecule has 0 radical (unpaired) electrons. The predicted octanol–water partition coefficient (Wildman–Crippen LogP) is 4.74. The summed E-state index contributed by atoms with van der Waals surface area (Å²) in [6, 6.07) is 0. The lowest BCUT2D eigenvalue weighted by Gasteiger charge is -2.30. The van der Waals surface area contributed by atoms with Gasteiger partial charge in [0.15, 0.2) is 0 Å². The van der Waals surface area contributed by atoms with Gasteiger partial charge in [0.2, 0.25) is 6.43 Å². The first-order chi connectivity index (χ1) is 6.61. The van der Waals surface area contributed by atoms with Crippen LogP contribution >= 0.6 is 0 Å². The Morgan fingerprint density at radius 2 is 1.21 bits per heavy atom. The van der Waals surface area contributed by atoms with Crippen LogP contribution in [0.4, 0.5) is 8.78 Å². The minimum atomic E-state index is -2.09. The second-order valence-electron chi connectivity index (χ2n) is 4.25. The topological polar surface area (TPSA) is 0 Å². The van der Waals surface area contributed by atoms with Crippen LogP contribution in [0.25, 0.3) is 0 Å². The van der Waals surface area contributed by atoms with Gasteiger partial charge >= 0.3 is 0 Å². The lowest BCUT2D eigenvalue weighted by molar-refractivity contribution is 0.0414. The summed E-state index contributed by atoms with van der Waals surface area (Å²) >= 11 is 0. The van der Waals surface area contributed by atoms with E-state index in [0.717, 1.165) is 25.7 Å². The fourth-order valence-electron chi connectivity index (χ4n) is 2.06. The summed E-state index contributed by atoms with van der Waals surface area (Å²) in [4.78, 5) is 0. The first-order valence-electron chi connectivity index (χ1n) is 5.89. The number of hydrogen-bond acceptors (Lipinski definition) is 0. The standard InChI is InChI=1S/C10H18F2.C2H6/c1-7(2)8-3-5-9(6-4-8)10(11)12;1-2/h7-10H,3-6H2,1-2H3;1-2H3. The van der Waals surface area contributed by atoms with Crippen molar-refractivity contribution in [3.63, 3.8) is 0 Å². The molecule has 0 unspecified atom stereocenters. The molecule has 0 nitrogen and oxygen atoms in total. The Balaban J connectivity index is 0.000000791. The largest absolute Gasteiger partial charge is 0.241 e. The van der Waals surface area contributed by atoms with Crippen molar-refractivity contribution in [1.29, 1.82) is 0 Å². The molecule has 86 valence electrons. The van der Waals surface area contributed by atoms with E-state index >= 15 is 0 Å². The Bertz CT molecular complexity index is 108. The van der Waals surface area contributed by atoms with Crippen molar-refractivity contribution in [2.24, 2.45) is 17.8 Å². The van der Waals surface area contributed by atoms with Crippen molar-refractivity contribution in [3.05, 3.63) is 0 Å². The second-order valence-corrected chi connectivity index (χ2v) is 4.25. The van der Waals surface area contributed by atoms with Gasteiger partial charge in [-0.15, -0.1) is 0 Å². The average molecular weight is 206 g/mol. The molecule has 0 aromatic rings. The van der Waals surface area contributed by atoms with Gasteiger partial charge in [0.25, 0.3) is 0 Å². The summed E-state index contributed by atoms with van der Waals surface area (Å²) in [5, 5.41) is 0. The maximum absolute atomic E-state index is 12.2. The van der Waals surface area contributed by atoms with E-state index in [-0.39, 0.29) is 5.92 Å². The highest BCUT2D eigenvalue weighted by Crippen LogP contribution is 2.35. The van der Waals surface area contributed by atoms with Gasteiger partial charge in [-0.3, -0.25) is 0 Å². The fraction of sp³-hybridized carbons (Fsp3) is 1.00. The fourth-order valence-corrected chi connectivity index (χ4v) is 2.06. The van der Waals surface area contributed by atoms with Crippen LogP contribution in [0.3, 0.4) is 0 Å². The molecule has 1 saturated carbocycles. The zero-order valence-electron chi connectivity index (χ0n) is 9.89. The molecular formula is C12H24F2. The van der Waals surface area contributed by atoms with Gasteiger partial charge in [0, 0.05) is 5.92 Å². The van der Waals surface area contributed by atoms with Crippen LogP contribution in [0, 0.1) is 17.8 Å². The van der Waals surface area contributed by atoms with E-state index in [1.165, 1.54) is 0 Å². The van der Waals surface area contributed by atoms with Crippen LogP contribution in [0.2, 0.25) is 0 Å². The monoisotopic (exact) mass is 206 g/mol. The van der Waals surface area contributed by atoms with Gasteiger partial charge in [0.1, 0.15) is 0 Å². The van der Waals surface area contributed by atoms with Crippen molar-refractivity contribution >= 4 is 0 Å². The Morgan fingerprint density at radius 3 is 1.50 bits per heavy atom. The molecule has 1 aliphatic carbocycles. The summed E-state index contributed by atoms with van der Waals surface area (Å²) in [5.74, 6) is 1.06. The van der Waals surface area contributed by atoms with Crippen molar-refractivity contribution in [3.8, 4) is 0 Å². The molecule has 0 aromatic heterocycles. The van der Waals surface area contributed by atoms with Gasteiger partial charge in [-0.05, 0) is 37.5 Å². The van der Waals surface area contributed by atoms with Crippen LogP contribution in [-0.4, -0.2) is 6.43 Å². The molecule has 0 amide bonds. The maximum Gasteiger partial charge on any atom is 0.241 e. The number of halogens is 2. The molecule has 0 heterocycles. The highest BCUT2D eigenvalue weighted by Gasteiger charge is 2.28. The minimum absolute atomic E-state index is 0.306. The second kappa shape index (κ2) is 7.19. The Kier molecular flexibility index (Phi) is 7.12. The van der Waals surface area contributed by atoms with Gasteiger partial charge in [-0.1, -0.05) is 27.7 Å². The molecule has 0 spiro atoms. The van der Waals surface area contributed by atoms with E-state index in [2.05, 4.69) is 13.8 Å². The van der Waals surface area contributed by atoms with E-state index in [1.54, 1.807) is 0 Å². The van der Waals surface area contributed by atoms with Crippen LogP contribution in [0.5, 0.6) is 0 Å². The van der Waals surface area contributed by atoms with Gasteiger partial charge in [0.05, 0.1) is 0 Å². The summed E-state index contributed by atoms with van der Waals surface area (Å²) in [6.07, 6.45) is 1.40. The molecule has 1 fully saturated rings. The zero-order chi connectivity index (χ0) is 11.1.